The molecule has 4 aromatic carbocycles. The summed E-state index contributed by atoms with van der Waals surface area (Å²) in [6.07, 6.45) is 15.6. The highest BCUT2D eigenvalue weighted by molar-refractivity contribution is 14.1. The lowest BCUT2D eigenvalue weighted by atomic mass is 9.79. The largest absolute Gasteiger partial charge is 0.343 e. The fourth-order valence-corrected chi connectivity index (χ4v) is 7.58. The Kier molecular flexibility index (Phi) is 8.23. The van der Waals surface area contributed by atoms with Gasteiger partial charge in [0.25, 0.3) is 0 Å². The average Bonchev–Trinajstić information content (AvgIpc) is 3.37. The summed E-state index contributed by atoms with van der Waals surface area (Å²) in [5.41, 5.74) is 7.52. The molecule has 0 aromatic heterocycles. The molecule has 0 spiro atoms. The molecule has 44 heavy (non-hydrogen) atoms. The van der Waals surface area contributed by atoms with Gasteiger partial charge in [-0.25, -0.2) is 0 Å². The molecule has 0 fully saturated rings. The van der Waals surface area contributed by atoms with Crippen molar-refractivity contribution >= 4 is 65.0 Å². The SMILES string of the molecule is CC[N+]1=C(/C=C/C=C/C=C/C=C2/N(CCC(=O)I)c3ccc4ccccc4c3C2(C)C)C(C)(C)c2c1ccc1ccccc21. The Bertz CT molecular complexity index is 1940. The second kappa shape index (κ2) is 12.0. The molecule has 4 heteroatoms. The van der Waals surface area contributed by atoms with E-state index in [0.29, 0.717) is 13.0 Å². The molecule has 2 heterocycles. The number of fused-ring (bicyclic) bond motifs is 6. The molecule has 0 radical (unpaired) electrons. The van der Waals surface area contributed by atoms with Crippen LogP contribution in [-0.2, 0) is 15.6 Å². The maximum absolute atomic E-state index is 12.0. The first-order valence-corrected chi connectivity index (χ1v) is 16.6. The van der Waals surface area contributed by atoms with Crippen molar-refractivity contribution in [1.82, 2.24) is 0 Å². The van der Waals surface area contributed by atoms with Crippen molar-refractivity contribution in [3.8, 4) is 0 Å². The molecule has 0 aliphatic carbocycles. The number of carbonyl (C=O) groups is 1. The summed E-state index contributed by atoms with van der Waals surface area (Å²) < 4.78 is 2.63. The van der Waals surface area contributed by atoms with Crippen molar-refractivity contribution in [2.75, 3.05) is 18.0 Å². The molecule has 6 rings (SSSR count). The minimum absolute atomic E-state index is 0.0904. The Hall–Kier alpha value is -3.77. The Morgan fingerprint density at radius 2 is 1.39 bits per heavy atom. The summed E-state index contributed by atoms with van der Waals surface area (Å²) in [5.74, 6) is 0. The maximum atomic E-state index is 12.0. The van der Waals surface area contributed by atoms with Crippen LogP contribution in [-0.4, -0.2) is 27.2 Å². The monoisotopic (exact) mass is 691 g/mol. The first-order chi connectivity index (χ1) is 21.2. The Labute approximate surface area is 275 Å². The molecule has 0 saturated heterocycles. The number of nitrogens with zero attached hydrogens (tertiary/aromatic N) is 2. The number of rotatable bonds is 8. The summed E-state index contributed by atoms with van der Waals surface area (Å²) in [6, 6.07) is 26.3. The van der Waals surface area contributed by atoms with Crippen LogP contribution in [0.25, 0.3) is 21.5 Å². The van der Waals surface area contributed by atoms with E-state index in [2.05, 4.69) is 159 Å². The summed E-state index contributed by atoms with van der Waals surface area (Å²) in [6.45, 7) is 13.1. The first-order valence-electron chi connectivity index (χ1n) is 15.5. The van der Waals surface area contributed by atoms with Gasteiger partial charge in [-0.1, -0.05) is 98.8 Å². The second-order valence-electron chi connectivity index (χ2n) is 12.7. The topological polar surface area (TPSA) is 23.3 Å². The number of allylic oxidation sites excluding steroid dienone is 8. The van der Waals surface area contributed by atoms with Gasteiger partial charge in [-0.2, -0.15) is 4.58 Å². The number of benzene rings is 4. The smallest absolute Gasteiger partial charge is 0.210 e. The fraction of sp³-hybridized carbons (Fsp3) is 0.250. The molecule has 0 saturated carbocycles. The summed E-state index contributed by atoms with van der Waals surface area (Å²) in [7, 11) is 0. The van der Waals surface area contributed by atoms with E-state index in [1.54, 1.807) is 0 Å². The van der Waals surface area contributed by atoms with Crippen LogP contribution in [0.3, 0.4) is 0 Å². The minimum atomic E-state index is -0.189. The van der Waals surface area contributed by atoms with E-state index >= 15 is 0 Å². The molecule has 0 atom stereocenters. The lowest BCUT2D eigenvalue weighted by Gasteiger charge is -2.26. The third-order valence-electron chi connectivity index (χ3n) is 9.31. The van der Waals surface area contributed by atoms with E-state index in [1.165, 1.54) is 55.5 Å². The molecule has 0 bridgehead atoms. The van der Waals surface area contributed by atoms with E-state index in [-0.39, 0.29) is 14.6 Å². The van der Waals surface area contributed by atoms with Gasteiger partial charge in [0, 0.05) is 47.5 Å². The Morgan fingerprint density at radius 3 is 2.07 bits per heavy atom. The van der Waals surface area contributed by atoms with Gasteiger partial charge in [-0.05, 0) is 88.7 Å². The third-order valence-corrected chi connectivity index (χ3v) is 9.85. The molecule has 3 nitrogen and oxygen atoms in total. The molecule has 222 valence electrons. The highest BCUT2D eigenvalue weighted by Crippen LogP contribution is 2.51. The molecule has 0 N–H and O–H groups in total. The molecule has 2 aliphatic rings. The summed E-state index contributed by atoms with van der Waals surface area (Å²) in [5, 5.41) is 5.16. The van der Waals surface area contributed by atoms with Crippen molar-refractivity contribution in [1.29, 1.82) is 0 Å². The average molecular weight is 692 g/mol. The lowest BCUT2D eigenvalue weighted by molar-refractivity contribution is -0.433. The molecule has 0 unspecified atom stereocenters. The lowest BCUT2D eigenvalue weighted by Crippen LogP contribution is -2.27. The van der Waals surface area contributed by atoms with Crippen LogP contribution in [0, 0.1) is 0 Å². The van der Waals surface area contributed by atoms with Gasteiger partial charge in [-0.3, -0.25) is 4.79 Å². The van der Waals surface area contributed by atoms with Crippen LogP contribution in [0.5, 0.6) is 0 Å². The zero-order valence-corrected chi connectivity index (χ0v) is 28.4. The van der Waals surface area contributed by atoms with Crippen LogP contribution in [0.1, 0.15) is 52.2 Å². The zero-order chi connectivity index (χ0) is 31.1. The van der Waals surface area contributed by atoms with E-state index < -0.39 is 0 Å². The van der Waals surface area contributed by atoms with Gasteiger partial charge in [0.2, 0.25) is 5.69 Å². The van der Waals surface area contributed by atoms with E-state index in [0.717, 1.165) is 6.54 Å². The van der Waals surface area contributed by atoms with E-state index in [9.17, 15) is 4.79 Å². The highest BCUT2D eigenvalue weighted by atomic mass is 127. The minimum Gasteiger partial charge on any atom is -0.343 e. The van der Waals surface area contributed by atoms with Crippen molar-refractivity contribution in [3.05, 3.63) is 132 Å². The quantitative estimate of drug-likeness (QED) is 0.0795. The number of anilines is 1. The van der Waals surface area contributed by atoms with Crippen LogP contribution < -0.4 is 4.90 Å². The van der Waals surface area contributed by atoms with Crippen molar-refractivity contribution in [3.63, 3.8) is 0 Å². The number of carbonyl (C=O) groups excluding carboxylic acids is 1. The zero-order valence-electron chi connectivity index (χ0n) is 26.3. The van der Waals surface area contributed by atoms with Crippen molar-refractivity contribution < 1.29 is 9.37 Å². The Morgan fingerprint density at radius 1 is 0.773 bits per heavy atom. The van der Waals surface area contributed by atoms with Crippen LogP contribution in [0.4, 0.5) is 11.4 Å². The molecule has 0 amide bonds. The van der Waals surface area contributed by atoms with E-state index in [4.69, 9.17) is 0 Å². The van der Waals surface area contributed by atoms with Gasteiger partial charge >= 0.3 is 0 Å². The summed E-state index contributed by atoms with van der Waals surface area (Å²) >= 11 is 1.91. The van der Waals surface area contributed by atoms with Gasteiger partial charge < -0.3 is 4.90 Å². The van der Waals surface area contributed by atoms with Gasteiger partial charge in [0.15, 0.2) is 9.50 Å². The van der Waals surface area contributed by atoms with E-state index in [1.807, 2.05) is 22.6 Å². The number of hydrogen-bond donors (Lipinski definition) is 0. The van der Waals surface area contributed by atoms with Crippen LogP contribution in [0.15, 0.2) is 121 Å². The number of halogens is 1. The maximum Gasteiger partial charge on any atom is 0.210 e. The highest BCUT2D eigenvalue weighted by Gasteiger charge is 2.45. The third kappa shape index (κ3) is 5.17. The van der Waals surface area contributed by atoms with Gasteiger partial charge in [-0.15, -0.1) is 0 Å². The van der Waals surface area contributed by atoms with Crippen molar-refractivity contribution in [2.24, 2.45) is 0 Å². The van der Waals surface area contributed by atoms with Gasteiger partial charge in [0.05, 0.1) is 5.41 Å². The standard InChI is InChI=1S/C40H40IN2O/c1-6-42-32-24-22-28-16-12-14-18-30(28)37(32)39(2,3)34(42)20-10-8-7-9-11-21-35-40(4,5)38-31-19-15-13-17-29(31)23-25-33(38)43(35)27-26-36(41)44/h7-25H,6,26-27H2,1-5H3/q+1. The normalized spacial score (nSPS) is 18.1. The molecular weight excluding hydrogens is 651 g/mol. The van der Waals surface area contributed by atoms with Crippen LogP contribution >= 0.6 is 22.6 Å². The predicted octanol–water partition coefficient (Wildman–Crippen LogP) is 10.1. The Balaban J connectivity index is 1.26. The first kappa shape index (κ1) is 30.3. The molecular formula is C40H40IN2O+. The second-order valence-corrected chi connectivity index (χ2v) is 13.9. The predicted molar refractivity (Wildman–Crippen MR) is 196 cm³/mol. The van der Waals surface area contributed by atoms with Crippen LogP contribution in [0.2, 0.25) is 0 Å². The fourth-order valence-electron chi connectivity index (χ4n) is 7.34. The van der Waals surface area contributed by atoms with Gasteiger partial charge in [0.1, 0.15) is 6.54 Å². The molecule has 4 aromatic rings. The van der Waals surface area contributed by atoms with Crippen molar-refractivity contribution in [2.45, 2.75) is 51.9 Å². The summed E-state index contributed by atoms with van der Waals surface area (Å²) in [4.78, 5) is 14.3. The number of hydrogen-bond acceptors (Lipinski definition) is 2. The molecule has 2 aliphatic heterocycles.